The van der Waals surface area contributed by atoms with Crippen LogP contribution in [0.15, 0.2) is 23.1 Å². The molecule has 1 aromatic rings. The number of methoxy groups -OCH3 is 1. The number of benzene rings is 1. The number of carbonyl (C=O) groups is 1. The van der Waals surface area contributed by atoms with Gasteiger partial charge in [-0.1, -0.05) is 26.8 Å². The molecule has 2 fully saturated rings. The van der Waals surface area contributed by atoms with Crippen molar-refractivity contribution in [1.29, 1.82) is 0 Å². The van der Waals surface area contributed by atoms with E-state index in [0.717, 1.165) is 25.0 Å². The maximum atomic E-state index is 13.5. The maximum absolute atomic E-state index is 13.5. The van der Waals surface area contributed by atoms with Crippen LogP contribution >= 0.6 is 0 Å². The minimum absolute atomic E-state index is 0.113. The number of hydrogen-bond acceptors (Lipinski definition) is 6. The van der Waals surface area contributed by atoms with Crippen LogP contribution in [0.2, 0.25) is 18.1 Å². The van der Waals surface area contributed by atoms with E-state index in [1.807, 2.05) is 6.92 Å². The van der Waals surface area contributed by atoms with E-state index in [0.29, 0.717) is 43.6 Å². The molecule has 2 aliphatic rings. The fourth-order valence-corrected chi connectivity index (χ4v) is 7.10. The average Bonchev–Trinajstić information content (AvgIpc) is 3.22. The molecule has 0 bridgehead atoms. The molecule has 1 heterocycles. The molecule has 3 rings (SSSR count). The van der Waals surface area contributed by atoms with Crippen LogP contribution in [0.3, 0.4) is 0 Å². The molecule has 0 aromatic heterocycles. The number of esters is 1. The minimum atomic E-state index is -3.90. The Bertz CT molecular complexity index is 988. The number of nitrogens with zero attached hydrogens (tertiary/aromatic N) is 1. The summed E-state index contributed by atoms with van der Waals surface area (Å²) in [6.45, 7) is 14.7. The number of sulfonamides is 1. The minimum Gasteiger partial charge on any atom is -0.492 e. The maximum Gasteiger partial charge on any atom is 0.324 e. The van der Waals surface area contributed by atoms with Crippen LogP contribution in [-0.4, -0.2) is 59.9 Å². The molecule has 192 valence electrons. The van der Waals surface area contributed by atoms with Crippen molar-refractivity contribution in [2.75, 3.05) is 26.9 Å². The summed E-state index contributed by atoms with van der Waals surface area (Å²) in [6.07, 6.45) is 3.25. The van der Waals surface area contributed by atoms with E-state index in [4.69, 9.17) is 13.9 Å². The van der Waals surface area contributed by atoms with Crippen molar-refractivity contribution < 1.29 is 27.1 Å². The summed E-state index contributed by atoms with van der Waals surface area (Å²) in [5.74, 6) is 0.609. The first-order valence-corrected chi connectivity index (χ1v) is 16.6. The molecule has 34 heavy (non-hydrogen) atoms. The van der Waals surface area contributed by atoms with E-state index in [1.54, 1.807) is 18.2 Å². The van der Waals surface area contributed by atoms with E-state index >= 15 is 0 Å². The fraction of sp³-hybridized carbons (Fsp3) is 0.720. The van der Waals surface area contributed by atoms with Crippen LogP contribution < -0.4 is 4.74 Å². The lowest BCUT2D eigenvalue weighted by Crippen LogP contribution is -2.44. The van der Waals surface area contributed by atoms with Gasteiger partial charge in [-0.25, -0.2) is 8.42 Å². The number of rotatable bonds is 9. The van der Waals surface area contributed by atoms with Gasteiger partial charge in [-0.05, 0) is 80.3 Å². The number of aryl methyl sites for hydroxylation is 1. The van der Waals surface area contributed by atoms with Gasteiger partial charge in [-0.3, -0.25) is 4.79 Å². The van der Waals surface area contributed by atoms with Gasteiger partial charge < -0.3 is 13.9 Å². The summed E-state index contributed by atoms with van der Waals surface area (Å²) in [5, 5.41) is 0.172. The summed E-state index contributed by atoms with van der Waals surface area (Å²) >= 11 is 0. The Morgan fingerprint density at radius 1 is 1.12 bits per heavy atom. The molecule has 0 radical (unpaired) electrons. The second-order valence-corrected chi connectivity index (χ2v) is 17.9. The van der Waals surface area contributed by atoms with Gasteiger partial charge in [-0.15, -0.1) is 0 Å². The second kappa shape index (κ2) is 10.3. The molecule has 0 N–H and O–H groups in total. The summed E-state index contributed by atoms with van der Waals surface area (Å²) in [4.78, 5) is 12.3. The number of ether oxygens (including phenoxy) is 2. The lowest BCUT2D eigenvalue weighted by Gasteiger charge is -2.41. The number of hydrogen-bond donors (Lipinski definition) is 0. The van der Waals surface area contributed by atoms with Gasteiger partial charge in [-0.2, -0.15) is 4.31 Å². The van der Waals surface area contributed by atoms with Crippen LogP contribution in [0.25, 0.3) is 0 Å². The smallest absolute Gasteiger partial charge is 0.324 e. The third-order valence-electron chi connectivity index (χ3n) is 7.86. The van der Waals surface area contributed by atoms with Crippen molar-refractivity contribution in [3.8, 4) is 5.75 Å². The predicted octanol–water partition coefficient (Wildman–Crippen LogP) is 4.75. The molecule has 3 atom stereocenters. The quantitative estimate of drug-likeness (QED) is 0.352. The first-order valence-electron chi connectivity index (χ1n) is 12.2. The summed E-state index contributed by atoms with van der Waals surface area (Å²) in [7, 11) is -4.42. The van der Waals surface area contributed by atoms with Crippen LogP contribution in [-0.2, 0) is 24.0 Å². The summed E-state index contributed by atoms with van der Waals surface area (Å²) < 4.78 is 45.7. The molecule has 7 nitrogen and oxygen atoms in total. The van der Waals surface area contributed by atoms with E-state index in [1.165, 1.54) is 11.4 Å². The highest BCUT2D eigenvalue weighted by atomic mass is 32.2. The molecule has 9 heteroatoms. The van der Waals surface area contributed by atoms with E-state index in [2.05, 4.69) is 33.9 Å². The van der Waals surface area contributed by atoms with Gasteiger partial charge >= 0.3 is 5.97 Å². The largest absolute Gasteiger partial charge is 0.492 e. The third kappa shape index (κ3) is 5.69. The van der Waals surface area contributed by atoms with Crippen molar-refractivity contribution in [3.63, 3.8) is 0 Å². The zero-order chi connectivity index (χ0) is 25.3. The van der Waals surface area contributed by atoms with E-state index in [-0.39, 0.29) is 9.93 Å². The van der Waals surface area contributed by atoms with Crippen LogP contribution in [0.4, 0.5) is 0 Å². The molecule has 1 saturated heterocycles. The topological polar surface area (TPSA) is 82.1 Å². The Hall–Kier alpha value is -1.42. The summed E-state index contributed by atoms with van der Waals surface area (Å²) in [6, 6.07) is 4.34. The zero-order valence-electron chi connectivity index (χ0n) is 21.7. The lowest BCUT2D eigenvalue weighted by molar-refractivity contribution is -0.144. The first kappa shape index (κ1) is 27.2. The normalized spacial score (nSPS) is 24.0. The molecular weight excluding hydrogens is 470 g/mol. The van der Waals surface area contributed by atoms with Crippen molar-refractivity contribution in [1.82, 2.24) is 4.31 Å². The highest BCUT2D eigenvalue weighted by Crippen LogP contribution is 2.41. The van der Waals surface area contributed by atoms with Gasteiger partial charge in [0.05, 0.1) is 13.7 Å². The Kier molecular flexibility index (Phi) is 8.22. The van der Waals surface area contributed by atoms with Crippen molar-refractivity contribution >= 4 is 24.3 Å². The Morgan fingerprint density at radius 2 is 1.76 bits per heavy atom. The molecule has 1 aliphatic carbocycles. The second-order valence-electron chi connectivity index (χ2n) is 11.2. The van der Waals surface area contributed by atoms with Crippen LogP contribution in [0, 0.1) is 18.8 Å². The van der Waals surface area contributed by atoms with Crippen molar-refractivity contribution in [2.24, 2.45) is 11.8 Å². The standard InChI is InChI=1S/C25H41NO6SSi/c1-18-10-13-23(33(28,29)26-14-8-9-21(26)24(27)30-5)22(15-18)31-16-19-11-12-20(19)17-32-34(6,7)25(2,3)4/h10,13,15,19-21H,8-9,11-12,14,16-17H2,1-7H3/t19-,20+,21-/m0/s1. The van der Waals surface area contributed by atoms with E-state index in [9.17, 15) is 13.2 Å². The molecule has 1 aliphatic heterocycles. The average molecular weight is 512 g/mol. The zero-order valence-corrected chi connectivity index (χ0v) is 23.5. The van der Waals surface area contributed by atoms with Crippen molar-refractivity contribution in [3.05, 3.63) is 23.8 Å². The molecular formula is C25H41NO6SSi. The fourth-order valence-electron chi connectivity index (χ4n) is 4.27. The highest BCUT2D eigenvalue weighted by molar-refractivity contribution is 7.89. The van der Waals surface area contributed by atoms with E-state index < -0.39 is 30.4 Å². The van der Waals surface area contributed by atoms with Gasteiger partial charge in [0.2, 0.25) is 10.0 Å². The monoisotopic (exact) mass is 511 g/mol. The SMILES string of the molecule is COC(=O)[C@@H]1CCCN1S(=O)(=O)c1ccc(C)cc1OC[C@@H]1CC[C@@H]1CO[Si](C)(C)C(C)(C)C. The third-order valence-corrected chi connectivity index (χ3v) is 14.3. The Balaban J connectivity index is 1.71. The predicted molar refractivity (Wildman–Crippen MR) is 135 cm³/mol. The van der Waals surface area contributed by atoms with Gasteiger partial charge in [0.1, 0.15) is 16.7 Å². The summed E-state index contributed by atoms with van der Waals surface area (Å²) in [5.41, 5.74) is 0.923. The van der Waals surface area contributed by atoms with Gasteiger partial charge in [0, 0.05) is 13.2 Å². The molecule has 0 spiro atoms. The van der Waals surface area contributed by atoms with Gasteiger partial charge in [0.15, 0.2) is 8.32 Å². The molecule has 1 aromatic carbocycles. The highest BCUT2D eigenvalue weighted by Gasteiger charge is 2.42. The molecule has 0 amide bonds. The van der Waals surface area contributed by atoms with Crippen LogP contribution in [0.1, 0.15) is 52.0 Å². The molecule has 1 saturated carbocycles. The number of carbonyl (C=O) groups excluding carboxylic acids is 1. The van der Waals surface area contributed by atoms with Gasteiger partial charge in [0.25, 0.3) is 0 Å². The van der Waals surface area contributed by atoms with Crippen molar-refractivity contribution in [2.45, 2.75) is 82.4 Å². The lowest BCUT2D eigenvalue weighted by atomic mass is 9.75. The molecule has 0 unspecified atom stereocenters. The first-order chi connectivity index (χ1) is 15.8. The Labute approximate surface area is 206 Å². The van der Waals surface area contributed by atoms with Crippen LogP contribution in [0.5, 0.6) is 5.75 Å². The Morgan fingerprint density at radius 3 is 2.35 bits per heavy atom.